The number of hydrogen-bond acceptors (Lipinski definition) is 4. The Balaban J connectivity index is 1.91. The molecule has 1 aromatic carbocycles. The molecule has 26 heavy (non-hydrogen) atoms. The number of rotatable bonds is 6. The van der Waals surface area contributed by atoms with Gasteiger partial charge in [0.2, 0.25) is 0 Å². The van der Waals surface area contributed by atoms with Crippen LogP contribution in [0.25, 0.3) is 10.2 Å². The highest BCUT2D eigenvalue weighted by Crippen LogP contribution is 2.27. The first-order valence-corrected chi connectivity index (χ1v) is 9.75. The highest BCUT2D eigenvalue weighted by Gasteiger charge is 2.19. The molecule has 0 aliphatic carbocycles. The van der Waals surface area contributed by atoms with E-state index in [0.717, 1.165) is 24.9 Å². The van der Waals surface area contributed by atoms with Gasteiger partial charge in [-0.05, 0) is 43.0 Å². The van der Waals surface area contributed by atoms with Crippen LogP contribution in [0.2, 0.25) is 0 Å². The smallest absolute Gasteiger partial charge is 0.266 e. The normalized spacial score (nSPS) is 11.0. The molecule has 0 unspecified atom stereocenters. The summed E-state index contributed by atoms with van der Waals surface area (Å²) in [5.41, 5.74) is 2.61. The second kappa shape index (κ2) is 7.83. The molecule has 0 radical (unpaired) electrons. The minimum Gasteiger partial charge on any atom is -0.321 e. The molecule has 136 valence electrons. The first-order valence-electron chi connectivity index (χ1n) is 8.94. The number of carbonyl (C=O) groups excluding carboxylic acids is 1. The monoisotopic (exact) mass is 369 g/mol. The van der Waals surface area contributed by atoms with E-state index in [9.17, 15) is 9.59 Å². The van der Waals surface area contributed by atoms with Gasteiger partial charge in [-0.1, -0.05) is 32.4 Å². The molecule has 1 N–H and O–H groups in total. The number of hydrogen-bond donors (Lipinski definition) is 1. The number of fused-ring (bicyclic) bond motifs is 1. The summed E-state index contributed by atoms with van der Waals surface area (Å²) < 4.78 is 1.64. The number of anilines is 1. The number of thiophene rings is 1. The number of carbonyl (C=O) groups is 1. The van der Waals surface area contributed by atoms with Crippen molar-refractivity contribution in [3.63, 3.8) is 0 Å². The first-order chi connectivity index (χ1) is 12.5. The molecular formula is C20H23N3O2S. The number of unbranched alkanes of at least 4 members (excludes halogenated alkanes) is 1. The van der Waals surface area contributed by atoms with Crippen molar-refractivity contribution in [1.29, 1.82) is 0 Å². The summed E-state index contributed by atoms with van der Waals surface area (Å²) in [7, 11) is 0. The summed E-state index contributed by atoms with van der Waals surface area (Å²) in [5.74, 6) is -0.200. The fourth-order valence-electron chi connectivity index (χ4n) is 2.88. The number of nitrogens with one attached hydrogen (secondary N) is 1. The number of nitrogens with zero attached hydrogens (tertiary/aromatic N) is 2. The van der Waals surface area contributed by atoms with Crippen LogP contribution in [-0.2, 0) is 13.0 Å². The lowest BCUT2D eigenvalue weighted by Crippen LogP contribution is -2.20. The van der Waals surface area contributed by atoms with Crippen LogP contribution in [0.15, 0.2) is 35.4 Å². The molecule has 0 atom stereocenters. The van der Waals surface area contributed by atoms with Crippen molar-refractivity contribution in [3.8, 4) is 0 Å². The quantitative estimate of drug-likeness (QED) is 0.701. The van der Waals surface area contributed by atoms with Gasteiger partial charge < -0.3 is 5.32 Å². The maximum absolute atomic E-state index is 12.7. The topological polar surface area (TPSA) is 64.0 Å². The minimum atomic E-state index is -0.200. The van der Waals surface area contributed by atoms with Crippen LogP contribution < -0.4 is 10.9 Å². The molecule has 2 aromatic heterocycles. The van der Waals surface area contributed by atoms with Gasteiger partial charge in [-0.2, -0.15) is 0 Å². The highest BCUT2D eigenvalue weighted by atomic mass is 32.1. The van der Waals surface area contributed by atoms with E-state index in [1.807, 2.05) is 31.2 Å². The van der Waals surface area contributed by atoms with E-state index in [4.69, 9.17) is 0 Å². The van der Waals surface area contributed by atoms with E-state index >= 15 is 0 Å². The van der Waals surface area contributed by atoms with Crippen molar-refractivity contribution in [2.24, 2.45) is 0 Å². The summed E-state index contributed by atoms with van der Waals surface area (Å²) in [5, 5.41) is 3.47. The van der Waals surface area contributed by atoms with Gasteiger partial charge in [0.15, 0.2) is 0 Å². The van der Waals surface area contributed by atoms with Crippen molar-refractivity contribution in [2.75, 3.05) is 5.32 Å². The summed E-state index contributed by atoms with van der Waals surface area (Å²) in [6.45, 7) is 6.65. The largest absolute Gasteiger partial charge is 0.321 e. The second-order valence-corrected chi connectivity index (χ2v) is 7.34. The van der Waals surface area contributed by atoms with Crippen LogP contribution in [0.5, 0.6) is 0 Å². The molecule has 0 saturated carbocycles. The molecule has 0 saturated heterocycles. The van der Waals surface area contributed by atoms with E-state index in [1.54, 1.807) is 10.9 Å². The van der Waals surface area contributed by atoms with Gasteiger partial charge in [-0.3, -0.25) is 14.2 Å². The average Bonchev–Trinajstić information content (AvgIpc) is 2.99. The average molecular weight is 369 g/mol. The van der Waals surface area contributed by atoms with Crippen molar-refractivity contribution >= 4 is 33.1 Å². The summed E-state index contributed by atoms with van der Waals surface area (Å²) in [6, 6.07) is 7.80. The van der Waals surface area contributed by atoms with Gasteiger partial charge in [0.1, 0.15) is 4.83 Å². The fourth-order valence-corrected chi connectivity index (χ4v) is 3.91. The molecular weight excluding hydrogens is 346 g/mol. The maximum atomic E-state index is 12.7. The summed E-state index contributed by atoms with van der Waals surface area (Å²) in [4.78, 5) is 31.0. The Hall–Kier alpha value is -2.47. The van der Waals surface area contributed by atoms with Gasteiger partial charge in [0.05, 0.1) is 16.6 Å². The Morgan fingerprint density at radius 2 is 1.96 bits per heavy atom. The Morgan fingerprint density at radius 1 is 1.23 bits per heavy atom. The molecule has 5 nitrogen and oxygen atoms in total. The van der Waals surface area contributed by atoms with Crippen LogP contribution in [0.3, 0.4) is 0 Å². The molecule has 3 aromatic rings. The molecule has 2 heterocycles. The maximum Gasteiger partial charge on any atom is 0.266 e. The molecule has 0 aliphatic rings. The van der Waals surface area contributed by atoms with Gasteiger partial charge in [-0.15, -0.1) is 11.3 Å². The molecule has 0 fully saturated rings. The van der Waals surface area contributed by atoms with E-state index in [-0.39, 0.29) is 11.5 Å². The Morgan fingerprint density at radius 3 is 2.62 bits per heavy atom. The SMILES string of the molecule is CCCCn1cnc2sc(C(=O)Nc3ccc(CC)cc3)c(C)c2c1=O. The zero-order valence-corrected chi connectivity index (χ0v) is 16.2. The van der Waals surface area contributed by atoms with E-state index in [1.165, 1.54) is 16.9 Å². The zero-order valence-electron chi connectivity index (χ0n) is 15.3. The van der Waals surface area contributed by atoms with Crippen LogP contribution in [0.1, 0.15) is 47.5 Å². The van der Waals surface area contributed by atoms with E-state index < -0.39 is 0 Å². The third-order valence-corrected chi connectivity index (χ3v) is 5.69. The molecule has 6 heteroatoms. The van der Waals surface area contributed by atoms with Crippen LogP contribution in [0, 0.1) is 6.92 Å². The fraction of sp³-hybridized carbons (Fsp3) is 0.350. The minimum absolute atomic E-state index is 0.0662. The van der Waals surface area contributed by atoms with Crippen molar-refractivity contribution in [3.05, 3.63) is 57.0 Å². The molecule has 3 rings (SSSR count). The predicted octanol–water partition coefficient (Wildman–Crippen LogP) is 4.38. The van der Waals surface area contributed by atoms with Gasteiger partial charge in [-0.25, -0.2) is 4.98 Å². The van der Waals surface area contributed by atoms with Crippen LogP contribution in [-0.4, -0.2) is 15.5 Å². The van der Waals surface area contributed by atoms with Gasteiger partial charge in [0, 0.05) is 12.2 Å². The van der Waals surface area contributed by atoms with E-state index in [0.29, 0.717) is 27.2 Å². The first kappa shape index (κ1) is 18.3. The van der Waals surface area contributed by atoms with Crippen LogP contribution in [0.4, 0.5) is 5.69 Å². The summed E-state index contributed by atoms with van der Waals surface area (Å²) in [6.07, 6.45) is 4.48. The number of aromatic nitrogens is 2. The number of aryl methyl sites for hydroxylation is 3. The lowest BCUT2D eigenvalue weighted by molar-refractivity contribution is 0.103. The lowest BCUT2D eigenvalue weighted by atomic mass is 10.1. The molecule has 1 amide bonds. The summed E-state index contributed by atoms with van der Waals surface area (Å²) >= 11 is 1.27. The van der Waals surface area contributed by atoms with Crippen molar-refractivity contribution in [1.82, 2.24) is 9.55 Å². The van der Waals surface area contributed by atoms with Crippen molar-refractivity contribution < 1.29 is 4.79 Å². The molecule has 0 bridgehead atoms. The number of amides is 1. The zero-order chi connectivity index (χ0) is 18.7. The Labute approximate surface area is 156 Å². The third kappa shape index (κ3) is 3.55. The van der Waals surface area contributed by atoms with Crippen molar-refractivity contribution in [2.45, 2.75) is 46.6 Å². The standard InChI is InChI=1S/C20H23N3O2S/c1-4-6-11-23-12-21-19-16(20(23)25)13(3)17(26-19)18(24)22-15-9-7-14(5-2)8-10-15/h7-10,12H,4-6,11H2,1-3H3,(H,22,24). The molecule has 0 spiro atoms. The van der Waals surface area contributed by atoms with Gasteiger partial charge >= 0.3 is 0 Å². The van der Waals surface area contributed by atoms with Crippen LogP contribution >= 0.6 is 11.3 Å². The highest BCUT2D eigenvalue weighted by molar-refractivity contribution is 7.20. The van der Waals surface area contributed by atoms with Gasteiger partial charge in [0.25, 0.3) is 11.5 Å². The predicted molar refractivity (Wildman–Crippen MR) is 107 cm³/mol. The third-order valence-electron chi connectivity index (χ3n) is 4.50. The molecule has 0 aliphatic heterocycles. The second-order valence-electron chi connectivity index (χ2n) is 6.34. The number of benzene rings is 1. The Kier molecular flexibility index (Phi) is 5.52. The lowest BCUT2D eigenvalue weighted by Gasteiger charge is -2.05. The Bertz CT molecular complexity index is 987. The van der Waals surface area contributed by atoms with E-state index in [2.05, 4.69) is 24.1 Å².